The van der Waals surface area contributed by atoms with Crippen LogP contribution in [0.25, 0.3) is 5.69 Å². The van der Waals surface area contributed by atoms with Crippen LogP contribution in [-0.4, -0.2) is 26.8 Å². The molecule has 0 aliphatic rings. The van der Waals surface area contributed by atoms with Crippen molar-refractivity contribution in [1.82, 2.24) is 25.9 Å². The quantitative estimate of drug-likeness (QED) is 0.361. The molecule has 0 bridgehead atoms. The molecule has 4 N–H and O–H groups in total. The van der Waals surface area contributed by atoms with Gasteiger partial charge in [0.1, 0.15) is 5.82 Å². The second-order valence-electron chi connectivity index (χ2n) is 6.67. The van der Waals surface area contributed by atoms with Crippen molar-refractivity contribution in [2.45, 2.75) is 19.6 Å². The number of alkyl halides is 3. The van der Waals surface area contributed by atoms with E-state index in [4.69, 9.17) is 0 Å². The minimum atomic E-state index is -4.68. The van der Waals surface area contributed by atoms with Crippen molar-refractivity contribution in [3.63, 3.8) is 0 Å². The first kappa shape index (κ1) is 22.6. The lowest BCUT2D eigenvalue weighted by Gasteiger charge is -2.12. The number of hydrogen-bond donors (Lipinski definition) is 4. The van der Waals surface area contributed by atoms with Crippen LogP contribution in [0.2, 0.25) is 0 Å². The van der Waals surface area contributed by atoms with Crippen molar-refractivity contribution < 1.29 is 32.3 Å². The number of carbonyl (C=O) groups excluding carboxylic acids is 2. The molecule has 1 heterocycles. The van der Waals surface area contributed by atoms with Gasteiger partial charge in [-0.15, -0.1) is 0 Å². The summed E-state index contributed by atoms with van der Waals surface area (Å²) >= 11 is 0. The summed E-state index contributed by atoms with van der Waals surface area (Å²) in [4.78, 5) is 24.0. The Kier molecular flexibility index (Phi) is 6.32. The van der Waals surface area contributed by atoms with Crippen LogP contribution in [0.3, 0.4) is 0 Å². The van der Waals surface area contributed by atoms with Crippen LogP contribution in [0.4, 0.5) is 22.4 Å². The van der Waals surface area contributed by atoms with Crippen LogP contribution in [-0.2, 0) is 12.7 Å². The van der Waals surface area contributed by atoms with Gasteiger partial charge in [0.2, 0.25) is 0 Å². The molecule has 0 atom stereocenters. The fraction of sp³-hybridized carbons (Fsp3) is 0.150. The molecule has 0 aliphatic heterocycles. The summed E-state index contributed by atoms with van der Waals surface area (Å²) in [5, 5.41) is 16.0. The molecular weight excluding hydrogens is 434 g/mol. The lowest BCUT2D eigenvalue weighted by molar-refractivity contribution is -0.137. The number of carbonyl (C=O) groups is 2. The third kappa shape index (κ3) is 5.14. The topological polar surface area (TPSA) is 108 Å². The van der Waals surface area contributed by atoms with E-state index < -0.39 is 46.6 Å². The number of urea groups is 1. The van der Waals surface area contributed by atoms with Crippen LogP contribution in [0, 0.1) is 12.7 Å². The van der Waals surface area contributed by atoms with E-state index in [1.165, 1.54) is 18.2 Å². The van der Waals surface area contributed by atoms with Crippen molar-refractivity contribution in [3.8, 4) is 11.4 Å². The van der Waals surface area contributed by atoms with Gasteiger partial charge < -0.3 is 10.4 Å². The summed E-state index contributed by atoms with van der Waals surface area (Å²) in [6, 6.07) is 8.04. The number of halogens is 4. The number of nitrogens with zero attached hydrogens (tertiary/aromatic N) is 2. The Hall–Kier alpha value is -4.09. The molecule has 0 spiro atoms. The molecule has 2 aromatic carbocycles. The van der Waals surface area contributed by atoms with Gasteiger partial charge in [0, 0.05) is 6.54 Å². The summed E-state index contributed by atoms with van der Waals surface area (Å²) in [6.45, 7) is 1.56. The normalized spacial score (nSPS) is 11.2. The second-order valence-corrected chi connectivity index (χ2v) is 6.67. The first-order valence-electron chi connectivity index (χ1n) is 9.10. The van der Waals surface area contributed by atoms with Crippen molar-refractivity contribution in [3.05, 3.63) is 76.9 Å². The van der Waals surface area contributed by atoms with E-state index in [0.717, 1.165) is 18.3 Å². The monoisotopic (exact) mass is 451 g/mol. The van der Waals surface area contributed by atoms with Gasteiger partial charge in [-0.1, -0.05) is 24.3 Å². The fourth-order valence-electron chi connectivity index (χ4n) is 2.71. The molecule has 3 amide bonds. The Bertz CT molecular complexity index is 1160. The maximum absolute atomic E-state index is 13.5. The van der Waals surface area contributed by atoms with Crippen LogP contribution in [0.5, 0.6) is 5.75 Å². The number of hydrazine groups is 1. The molecule has 0 saturated carbocycles. The average molecular weight is 451 g/mol. The molecule has 8 nitrogen and oxygen atoms in total. The molecule has 0 fully saturated rings. The fourth-order valence-corrected chi connectivity index (χ4v) is 2.71. The van der Waals surface area contributed by atoms with Gasteiger partial charge in [0.25, 0.3) is 5.91 Å². The zero-order valence-electron chi connectivity index (χ0n) is 16.5. The molecule has 1 aromatic heterocycles. The molecule has 0 aliphatic carbocycles. The first-order valence-corrected chi connectivity index (χ1v) is 9.10. The molecule has 0 radical (unpaired) electrons. The first-order chi connectivity index (χ1) is 15.1. The van der Waals surface area contributed by atoms with Crippen LogP contribution >= 0.6 is 0 Å². The number of hydrogen-bond acceptors (Lipinski definition) is 4. The number of nitrogens with one attached hydrogen (secondary N) is 3. The molecule has 168 valence electrons. The van der Waals surface area contributed by atoms with E-state index in [9.17, 15) is 32.3 Å². The third-order valence-corrected chi connectivity index (χ3v) is 4.35. The van der Waals surface area contributed by atoms with Gasteiger partial charge in [0.15, 0.2) is 11.4 Å². The number of amides is 3. The number of para-hydroxylation sites is 1. The SMILES string of the molecule is Cc1ccc(CNC(=O)NNC(=O)c2nn(-c3ccccc3C(F)(F)F)cc2O)cc1F. The Morgan fingerprint density at radius 1 is 1.12 bits per heavy atom. The average Bonchev–Trinajstić information content (AvgIpc) is 3.14. The van der Waals surface area contributed by atoms with Crippen LogP contribution in [0.15, 0.2) is 48.7 Å². The smallest absolute Gasteiger partial charge is 0.418 e. The van der Waals surface area contributed by atoms with E-state index in [-0.39, 0.29) is 6.54 Å². The van der Waals surface area contributed by atoms with Gasteiger partial charge in [-0.05, 0) is 36.2 Å². The molecule has 32 heavy (non-hydrogen) atoms. The largest absolute Gasteiger partial charge is 0.504 e. The van der Waals surface area contributed by atoms with Crippen molar-refractivity contribution in [1.29, 1.82) is 0 Å². The number of aromatic nitrogens is 2. The summed E-state index contributed by atoms with van der Waals surface area (Å²) in [5.74, 6) is -2.20. The maximum Gasteiger partial charge on any atom is 0.418 e. The van der Waals surface area contributed by atoms with Gasteiger partial charge in [-0.25, -0.2) is 19.3 Å². The Morgan fingerprint density at radius 3 is 2.53 bits per heavy atom. The van der Waals surface area contributed by atoms with E-state index in [0.29, 0.717) is 15.8 Å². The second kappa shape index (κ2) is 8.96. The van der Waals surface area contributed by atoms with Crippen LogP contribution < -0.4 is 16.2 Å². The highest BCUT2D eigenvalue weighted by molar-refractivity contribution is 5.95. The lowest BCUT2D eigenvalue weighted by Crippen LogP contribution is -2.46. The van der Waals surface area contributed by atoms with Crippen LogP contribution in [0.1, 0.15) is 27.2 Å². The minimum Gasteiger partial charge on any atom is -0.504 e. The van der Waals surface area contributed by atoms with Gasteiger partial charge in [-0.2, -0.15) is 18.3 Å². The van der Waals surface area contributed by atoms with E-state index >= 15 is 0 Å². The number of aromatic hydroxyl groups is 1. The zero-order chi connectivity index (χ0) is 23.5. The summed E-state index contributed by atoms with van der Waals surface area (Å²) in [7, 11) is 0. The van der Waals surface area contributed by atoms with Crippen molar-refractivity contribution in [2.24, 2.45) is 0 Å². The molecule has 0 saturated heterocycles. The molecular formula is C20H17F4N5O3. The molecule has 0 unspecified atom stereocenters. The molecule has 3 rings (SSSR count). The number of aryl methyl sites for hydroxylation is 1. The van der Waals surface area contributed by atoms with Gasteiger partial charge in [0.05, 0.1) is 17.4 Å². The summed E-state index contributed by atoms with van der Waals surface area (Å²) < 4.78 is 53.8. The summed E-state index contributed by atoms with van der Waals surface area (Å²) in [6.07, 6.45) is -3.84. The number of benzene rings is 2. The van der Waals surface area contributed by atoms with E-state index in [2.05, 4.69) is 10.4 Å². The van der Waals surface area contributed by atoms with Gasteiger partial charge in [-0.3, -0.25) is 10.2 Å². The predicted octanol–water partition coefficient (Wildman–Crippen LogP) is 3.19. The predicted molar refractivity (Wildman–Crippen MR) is 104 cm³/mol. The highest BCUT2D eigenvalue weighted by atomic mass is 19.4. The maximum atomic E-state index is 13.5. The standard InChI is InChI=1S/C20H17F4N5O3/c1-11-6-7-12(8-14(11)21)9-25-19(32)27-26-18(31)17-16(30)10-29(28-17)15-5-3-2-4-13(15)20(22,23)24/h2-8,10,30H,9H2,1H3,(H,26,31)(H2,25,27,32). The van der Waals surface area contributed by atoms with E-state index in [1.54, 1.807) is 19.1 Å². The Balaban J connectivity index is 1.63. The lowest BCUT2D eigenvalue weighted by atomic mass is 10.1. The van der Waals surface area contributed by atoms with Crippen molar-refractivity contribution in [2.75, 3.05) is 0 Å². The Morgan fingerprint density at radius 2 is 1.84 bits per heavy atom. The zero-order valence-corrected chi connectivity index (χ0v) is 16.5. The van der Waals surface area contributed by atoms with Crippen molar-refractivity contribution >= 4 is 11.9 Å². The molecule has 3 aromatic rings. The highest BCUT2D eigenvalue weighted by Gasteiger charge is 2.34. The molecule has 12 heteroatoms. The van der Waals surface area contributed by atoms with Gasteiger partial charge >= 0.3 is 12.2 Å². The highest BCUT2D eigenvalue weighted by Crippen LogP contribution is 2.34. The number of rotatable bonds is 4. The third-order valence-electron chi connectivity index (χ3n) is 4.35. The van der Waals surface area contributed by atoms with E-state index in [1.807, 2.05) is 10.9 Å². The Labute approximate surface area is 178 Å². The summed E-state index contributed by atoms with van der Waals surface area (Å²) in [5.41, 5.74) is 2.89. The minimum absolute atomic E-state index is 0.0347.